The van der Waals surface area contributed by atoms with Crippen LogP contribution in [0.15, 0.2) is 24.3 Å². The third kappa shape index (κ3) is 2.28. The molecule has 0 bridgehead atoms. The van der Waals surface area contributed by atoms with Gasteiger partial charge in [0, 0.05) is 31.6 Å². The van der Waals surface area contributed by atoms with E-state index in [2.05, 4.69) is 34.7 Å². The fraction of sp³-hybridized carbons (Fsp3) is 0.400. The summed E-state index contributed by atoms with van der Waals surface area (Å²) in [6.45, 7) is 3.79. The Morgan fingerprint density at radius 1 is 1.42 bits per heavy atom. The lowest BCUT2D eigenvalue weighted by molar-refractivity contribution is 0.535. The van der Waals surface area contributed by atoms with Gasteiger partial charge >= 0.3 is 0 Å². The van der Waals surface area contributed by atoms with Crippen molar-refractivity contribution >= 4 is 11.6 Å². The third-order valence-corrected chi connectivity index (χ3v) is 4.40. The summed E-state index contributed by atoms with van der Waals surface area (Å²) in [6.07, 6.45) is 1.18. The van der Waals surface area contributed by atoms with E-state index in [0.717, 1.165) is 29.5 Å². The van der Waals surface area contributed by atoms with Crippen LogP contribution in [0.5, 0.6) is 0 Å². The van der Waals surface area contributed by atoms with Crippen LogP contribution in [0, 0.1) is 6.92 Å². The van der Waals surface area contributed by atoms with Crippen molar-refractivity contribution in [3.05, 3.63) is 51.8 Å². The largest absolute Gasteiger partial charge is 0.312 e. The highest BCUT2D eigenvalue weighted by Crippen LogP contribution is 2.34. The van der Waals surface area contributed by atoms with Gasteiger partial charge in [-0.2, -0.15) is 5.10 Å². The molecule has 0 fully saturated rings. The fourth-order valence-electron chi connectivity index (χ4n) is 2.79. The van der Waals surface area contributed by atoms with Gasteiger partial charge in [-0.3, -0.25) is 4.68 Å². The number of nitrogens with one attached hydrogen (secondary N) is 1. The number of benzene rings is 1. The molecule has 19 heavy (non-hydrogen) atoms. The molecule has 0 spiro atoms. The number of fused-ring (bicyclic) bond motifs is 1. The predicted octanol–water partition coefficient (Wildman–Crippen LogP) is 2.81. The Bertz CT molecular complexity index is 603. The van der Waals surface area contributed by atoms with Gasteiger partial charge in [0.25, 0.3) is 0 Å². The van der Waals surface area contributed by atoms with E-state index >= 15 is 0 Å². The Hall–Kier alpha value is -1.32. The molecule has 1 N–H and O–H groups in total. The van der Waals surface area contributed by atoms with E-state index in [1.165, 1.54) is 17.5 Å². The number of rotatable bonds is 4. The highest BCUT2D eigenvalue weighted by atomic mass is 35.5. The van der Waals surface area contributed by atoms with Crippen LogP contribution in [0.25, 0.3) is 0 Å². The van der Waals surface area contributed by atoms with Gasteiger partial charge in [0.15, 0.2) is 0 Å². The Labute approximate surface area is 118 Å². The molecule has 2 aromatic rings. The number of hydrogen-bond acceptors (Lipinski definition) is 2. The maximum atomic E-state index is 6.22. The van der Waals surface area contributed by atoms with Crippen molar-refractivity contribution in [1.82, 2.24) is 15.1 Å². The van der Waals surface area contributed by atoms with Gasteiger partial charge in [0.1, 0.15) is 5.15 Å². The van der Waals surface area contributed by atoms with E-state index in [-0.39, 0.29) is 0 Å². The van der Waals surface area contributed by atoms with Crippen molar-refractivity contribution in [3.63, 3.8) is 0 Å². The minimum atomic E-state index is 0.645. The topological polar surface area (TPSA) is 29.9 Å². The van der Waals surface area contributed by atoms with E-state index in [9.17, 15) is 0 Å². The molecule has 1 aliphatic carbocycles. The molecule has 0 radical (unpaired) electrons. The average Bonchev–Trinajstić information content (AvgIpc) is 2.61. The van der Waals surface area contributed by atoms with Crippen LogP contribution in [0.2, 0.25) is 5.15 Å². The molecule has 3 nitrogen and oxygen atoms in total. The van der Waals surface area contributed by atoms with Crippen LogP contribution < -0.4 is 5.32 Å². The standard InChI is InChI=1S/C15H18ClN3/c1-10-14(15(16)19(2)18-10)9-17-8-12-7-11-5-3-4-6-13(11)12/h3-6,12,17H,7-9H2,1-2H3. The summed E-state index contributed by atoms with van der Waals surface area (Å²) in [5, 5.41) is 8.56. The Morgan fingerprint density at radius 3 is 2.89 bits per heavy atom. The minimum Gasteiger partial charge on any atom is -0.312 e. The molecule has 1 unspecified atom stereocenters. The van der Waals surface area contributed by atoms with Crippen LogP contribution in [0.4, 0.5) is 0 Å². The molecule has 100 valence electrons. The average molecular weight is 276 g/mol. The molecule has 3 rings (SSSR count). The van der Waals surface area contributed by atoms with Crippen molar-refractivity contribution in [3.8, 4) is 0 Å². The normalized spacial score (nSPS) is 17.1. The molecule has 1 aromatic carbocycles. The molecule has 0 aliphatic heterocycles. The van der Waals surface area contributed by atoms with E-state index in [4.69, 9.17) is 11.6 Å². The van der Waals surface area contributed by atoms with Gasteiger partial charge in [0.2, 0.25) is 0 Å². The first-order valence-electron chi connectivity index (χ1n) is 6.63. The SMILES string of the molecule is Cc1nn(C)c(Cl)c1CNCC1Cc2ccccc21. The number of nitrogens with zero attached hydrogens (tertiary/aromatic N) is 2. The van der Waals surface area contributed by atoms with Gasteiger partial charge in [-0.05, 0) is 24.5 Å². The van der Waals surface area contributed by atoms with Gasteiger partial charge < -0.3 is 5.32 Å². The van der Waals surface area contributed by atoms with E-state index in [0.29, 0.717) is 5.92 Å². The summed E-state index contributed by atoms with van der Waals surface area (Å²) in [7, 11) is 1.88. The summed E-state index contributed by atoms with van der Waals surface area (Å²) < 4.78 is 1.73. The van der Waals surface area contributed by atoms with E-state index < -0.39 is 0 Å². The first kappa shape index (κ1) is 12.7. The van der Waals surface area contributed by atoms with Crippen LogP contribution in [-0.4, -0.2) is 16.3 Å². The zero-order chi connectivity index (χ0) is 13.4. The molecule has 1 atom stereocenters. The van der Waals surface area contributed by atoms with Crippen LogP contribution in [0.3, 0.4) is 0 Å². The summed E-state index contributed by atoms with van der Waals surface area (Å²) in [6, 6.07) is 8.68. The predicted molar refractivity (Wildman–Crippen MR) is 77.5 cm³/mol. The second kappa shape index (κ2) is 4.99. The van der Waals surface area contributed by atoms with Crippen molar-refractivity contribution < 1.29 is 0 Å². The van der Waals surface area contributed by atoms with Crippen LogP contribution >= 0.6 is 11.6 Å². The van der Waals surface area contributed by atoms with Gasteiger partial charge in [-0.1, -0.05) is 35.9 Å². The Morgan fingerprint density at radius 2 is 2.21 bits per heavy atom. The van der Waals surface area contributed by atoms with Crippen LogP contribution in [0.1, 0.15) is 28.3 Å². The van der Waals surface area contributed by atoms with Crippen molar-refractivity contribution in [2.45, 2.75) is 25.8 Å². The van der Waals surface area contributed by atoms with Crippen LogP contribution in [-0.2, 0) is 20.0 Å². The second-order valence-electron chi connectivity index (χ2n) is 5.21. The lowest BCUT2D eigenvalue weighted by Gasteiger charge is -2.30. The van der Waals surface area contributed by atoms with Gasteiger partial charge in [-0.15, -0.1) is 0 Å². The Balaban J connectivity index is 1.58. The molecule has 1 heterocycles. The number of aryl methyl sites for hydroxylation is 2. The van der Waals surface area contributed by atoms with Crippen molar-refractivity contribution in [2.75, 3.05) is 6.54 Å². The van der Waals surface area contributed by atoms with Gasteiger partial charge in [-0.25, -0.2) is 0 Å². The molecular formula is C15H18ClN3. The highest BCUT2D eigenvalue weighted by molar-refractivity contribution is 6.30. The van der Waals surface area contributed by atoms with Crippen molar-refractivity contribution in [1.29, 1.82) is 0 Å². The maximum absolute atomic E-state index is 6.22. The highest BCUT2D eigenvalue weighted by Gasteiger charge is 2.24. The number of hydrogen-bond donors (Lipinski definition) is 1. The molecule has 0 saturated carbocycles. The Kier molecular flexibility index (Phi) is 3.33. The lowest BCUT2D eigenvalue weighted by atomic mass is 9.77. The number of aromatic nitrogens is 2. The third-order valence-electron chi connectivity index (χ3n) is 3.92. The molecule has 0 amide bonds. The molecule has 1 aliphatic rings. The zero-order valence-electron chi connectivity index (χ0n) is 11.3. The lowest BCUT2D eigenvalue weighted by Crippen LogP contribution is -2.28. The van der Waals surface area contributed by atoms with E-state index in [1.807, 2.05) is 14.0 Å². The van der Waals surface area contributed by atoms with E-state index in [1.54, 1.807) is 4.68 Å². The second-order valence-corrected chi connectivity index (χ2v) is 5.57. The maximum Gasteiger partial charge on any atom is 0.131 e. The number of halogens is 1. The minimum absolute atomic E-state index is 0.645. The fourth-order valence-corrected chi connectivity index (χ4v) is 3.03. The summed E-state index contributed by atoms with van der Waals surface area (Å²) in [5.41, 5.74) is 5.10. The monoisotopic (exact) mass is 275 g/mol. The van der Waals surface area contributed by atoms with Crippen molar-refractivity contribution in [2.24, 2.45) is 7.05 Å². The quantitative estimate of drug-likeness (QED) is 0.930. The first-order chi connectivity index (χ1) is 9.16. The molecule has 0 saturated heterocycles. The first-order valence-corrected chi connectivity index (χ1v) is 7.01. The smallest absolute Gasteiger partial charge is 0.131 e. The van der Waals surface area contributed by atoms with Gasteiger partial charge in [0.05, 0.1) is 5.69 Å². The summed E-state index contributed by atoms with van der Waals surface area (Å²) in [5.74, 6) is 0.645. The molecule has 4 heteroatoms. The zero-order valence-corrected chi connectivity index (χ0v) is 12.0. The summed E-state index contributed by atoms with van der Waals surface area (Å²) in [4.78, 5) is 0. The summed E-state index contributed by atoms with van der Waals surface area (Å²) >= 11 is 6.22. The molecule has 1 aromatic heterocycles. The molecular weight excluding hydrogens is 258 g/mol.